The molecule has 0 saturated carbocycles. The lowest BCUT2D eigenvalue weighted by atomic mass is 10.1. The van der Waals surface area contributed by atoms with Crippen molar-refractivity contribution in [2.45, 2.75) is 16.8 Å². The van der Waals surface area contributed by atoms with Gasteiger partial charge < -0.3 is 4.74 Å². The van der Waals surface area contributed by atoms with Gasteiger partial charge in [0.15, 0.2) is 5.16 Å². The van der Waals surface area contributed by atoms with Gasteiger partial charge in [-0.3, -0.25) is 4.57 Å². The van der Waals surface area contributed by atoms with Crippen molar-refractivity contribution >= 4 is 40.0 Å². The Hall–Kier alpha value is -2.20. The van der Waals surface area contributed by atoms with Crippen LogP contribution in [0.4, 0.5) is 4.39 Å². The highest BCUT2D eigenvalue weighted by atomic mass is 127. The third-order valence-electron chi connectivity index (χ3n) is 4.83. The number of hydrogen-bond acceptors (Lipinski definition) is 5. The first kappa shape index (κ1) is 18.8. The predicted octanol–water partition coefficient (Wildman–Crippen LogP) is 5.20. The largest absolute Gasteiger partial charge is 0.495 e. The first-order valence-electron chi connectivity index (χ1n) is 9.17. The number of hydrogen-bond donors (Lipinski definition) is 0. The van der Waals surface area contributed by atoms with Gasteiger partial charge in [0.05, 0.1) is 22.4 Å². The fourth-order valence-electron chi connectivity index (χ4n) is 3.43. The molecule has 1 atom stereocenters. The fraction of sp³-hybridized carbons (Fsp3) is 0.190. The van der Waals surface area contributed by atoms with E-state index in [0.717, 1.165) is 43.6 Å². The third-order valence-corrected chi connectivity index (χ3v) is 6.60. The van der Waals surface area contributed by atoms with Gasteiger partial charge in [-0.2, -0.15) is 0 Å². The summed E-state index contributed by atoms with van der Waals surface area (Å²) >= 11 is 3.87. The van der Waals surface area contributed by atoms with Crippen LogP contribution in [0.5, 0.6) is 0 Å². The molecule has 0 fully saturated rings. The van der Waals surface area contributed by atoms with E-state index in [1.807, 2.05) is 30.3 Å². The van der Waals surface area contributed by atoms with Crippen LogP contribution in [0, 0.1) is 3.70 Å². The second-order valence-corrected chi connectivity index (χ2v) is 8.95. The van der Waals surface area contributed by atoms with Crippen molar-refractivity contribution in [1.82, 2.24) is 19.7 Å². The van der Waals surface area contributed by atoms with Crippen molar-refractivity contribution < 1.29 is 9.13 Å². The summed E-state index contributed by atoms with van der Waals surface area (Å²) in [5.74, 6) is 0.837. The van der Waals surface area contributed by atoms with E-state index >= 15 is 0 Å². The zero-order chi connectivity index (χ0) is 19.8. The van der Waals surface area contributed by atoms with Gasteiger partial charge in [0.2, 0.25) is 0 Å². The van der Waals surface area contributed by atoms with E-state index in [0.29, 0.717) is 0 Å². The van der Waals surface area contributed by atoms with Crippen molar-refractivity contribution in [1.29, 1.82) is 0 Å². The standard InChI is InChI=1S/C21H16FIN4OS/c22-9-10-28-15-5-7-18-19(11-15)29-21-24-17(12-27(18)21)14-3-1-13(2-4-14)16-6-8-20(23)26-25-16/h1-8,12,19H,9-11H2. The van der Waals surface area contributed by atoms with E-state index < -0.39 is 6.67 Å². The number of fused-ring (bicyclic) bond motifs is 3. The van der Waals surface area contributed by atoms with Gasteiger partial charge in [-0.05, 0) is 46.9 Å². The van der Waals surface area contributed by atoms with Gasteiger partial charge >= 0.3 is 0 Å². The number of ether oxygens (including phenoxy) is 1. The molecule has 29 heavy (non-hydrogen) atoms. The Morgan fingerprint density at radius 2 is 1.86 bits per heavy atom. The maximum absolute atomic E-state index is 12.3. The first-order chi connectivity index (χ1) is 14.2. The monoisotopic (exact) mass is 518 g/mol. The molecule has 146 valence electrons. The molecule has 1 aromatic carbocycles. The van der Waals surface area contributed by atoms with Crippen molar-refractivity contribution in [2.24, 2.45) is 0 Å². The van der Waals surface area contributed by atoms with E-state index in [-0.39, 0.29) is 11.9 Å². The van der Waals surface area contributed by atoms with Crippen LogP contribution in [0.15, 0.2) is 65.7 Å². The van der Waals surface area contributed by atoms with E-state index in [4.69, 9.17) is 9.72 Å². The summed E-state index contributed by atoms with van der Waals surface area (Å²) in [6.07, 6.45) is 6.83. The van der Waals surface area contributed by atoms with Crippen LogP contribution in [-0.2, 0) is 4.74 Å². The summed E-state index contributed by atoms with van der Waals surface area (Å²) in [7, 11) is 0. The highest BCUT2D eigenvalue weighted by Gasteiger charge is 2.32. The molecule has 1 aliphatic heterocycles. The molecule has 0 radical (unpaired) electrons. The number of rotatable bonds is 5. The topological polar surface area (TPSA) is 52.8 Å². The Morgan fingerprint density at radius 1 is 1.07 bits per heavy atom. The van der Waals surface area contributed by atoms with Crippen molar-refractivity contribution in [3.8, 4) is 22.5 Å². The summed E-state index contributed by atoms with van der Waals surface area (Å²) in [6, 6.07) is 12.1. The molecule has 0 N–H and O–H groups in total. The van der Waals surface area contributed by atoms with Crippen LogP contribution in [-0.4, -0.2) is 38.3 Å². The van der Waals surface area contributed by atoms with Gasteiger partial charge in [0, 0.05) is 29.4 Å². The quantitative estimate of drug-likeness (QED) is 0.435. The Labute approximate surface area is 185 Å². The highest BCUT2D eigenvalue weighted by Crippen LogP contribution is 2.45. The van der Waals surface area contributed by atoms with E-state index in [1.165, 1.54) is 5.70 Å². The lowest BCUT2D eigenvalue weighted by Crippen LogP contribution is -2.11. The lowest BCUT2D eigenvalue weighted by Gasteiger charge is -2.18. The minimum absolute atomic E-state index is 0.116. The number of halogens is 2. The molecule has 8 heteroatoms. The Bertz CT molecular complexity index is 1110. The number of allylic oxidation sites excluding steroid dienone is 3. The zero-order valence-electron chi connectivity index (χ0n) is 15.3. The van der Waals surface area contributed by atoms with Gasteiger partial charge in [-0.25, -0.2) is 9.37 Å². The number of benzene rings is 1. The Morgan fingerprint density at radius 3 is 2.59 bits per heavy atom. The minimum Gasteiger partial charge on any atom is -0.495 e. The third kappa shape index (κ3) is 3.71. The average Bonchev–Trinajstić information content (AvgIpc) is 3.30. The van der Waals surface area contributed by atoms with E-state index in [1.54, 1.807) is 11.8 Å². The summed E-state index contributed by atoms with van der Waals surface area (Å²) < 4.78 is 20.8. The molecule has 0 bridgehead atoms. The SMILES string of the molecule is FCCOC1=CC=C2C(C1)Sc1nc(-c3ccc(-c4ccc(I)nn4)cc3)cn12. The first-order valence-corrected chi connectivity index (χ1v) is 11.1. The van der Waals surface area contributed by atoms with Crippen LogP contribution in [0.25, 0.3) is 28.2 Å². The number of imidazole rings is 1. The second kappa shape index (κ2) is 7.91. The normalized spacial score (nSPS) is 17.4. The van der Waals surface area contributed by atoms with Gasteiger partial charge in [-0.1, -0.05) is 36.0 Å². The van der Waals surface area contributed by atoms with E-state index in [2.05, 4.69) is 61.8 Å². The maximum Gasteiger partial charge on any atom is 0.173 e. The minimum atomic E-state index is -0.467. The van der Waals surface area contributed by atoms with Crippen molar-refractivity contribution in [2.75, 3.05) is 13.3 Å². The zero-order valence-corrected chi connectivity index (χ0v) is 18.2. The molecule has 2 aliphatic rings. The summed E-state index contributed by atoms with van der Waals surface area (Å²) in [4.78, 5) is 4.82. The number of alkyl halides is 1. The Balaban J connectivity index is 1.38. The molecule has 2 aromatic heterocycles. The smallest absolute Gasteiger partial charge is 0.173 e. The van der Waals surface area contributed by atoms with Crippen molar-refractivity contribution in [3.63, 3.8) is 0 Å². The summed E-state index contributed by atoms with van der Waals surface area (Å²) in [5.41, 5.74) is 5.08. The number of aromatic nitrogens is 4. The van der Waals surface area contributed by atoms with Crippen molar-refractivity contribution in [3.05, 3.63) is 64.2 Å². The van der Waals surface area contributed by atoms with Crippen LogP contribution in [0.3, 0.4) is 0 Å². The van der Waals surface area contributed by atoms with Gasteiger partial charge in [0.1, 0.15) is 17.0 Å². The van der Waals surface area contributed by atoms with Gasteiger partial charge in [-0.15, -0.1) is 10.2 Å². The second-order valence-electron chi connectivity index (χ2n) is 6.67. The van der Waals surface area contributed by atoms with Crippen LogP contribution >= 0.6 is 34.4 Å². The number of nitrogens with zero attached hydrogens (tertiary/aromatic N) is 4. The van der Waals surface area contributed by atoms with Crippen LogP contribution in [0.1, 0.15) is 6.42 Å². The van der Waals surface area contributed by atoms with Crippen LogP contribution in [0.2, 0.25) is 0 Å². The highest BCUT2D eigenvalue weighted by molar-refractivity contribution is 14.1. The molecule has 0 spiro atoms. The molecule has 3 heterocycles. The summed E-state index contributed by atoms with van der Waals surface area (Å²) in [5, 5.41) is 9.59. The number of thioether (sulfide) groups is 1. The van der Waals surface area contributed by atoms with Crippen LogP contribution < -0.4 is 0 Å². The molecular weight excluding hydrogens is 502 g/mol. The molecule has 1 unspecified atom stereocenters. The lowest BCUT2D eigenvalue weighted by molar-refractivity contribution is 0.180. The van der Waals surface area contributed by atoms with Gasteiger partial charge in [0.25, 0.3) is 0 Å². The molecule has 5 nitrogen and oxygen atoms in total. The molecule has 0 amide bonds. The molecule has 0 saturated heterocycles. The maximum atomic E-state index is 12.3. The molecular formula is C21H16FIN4OS. The molecule has 1 aliphatic carbocycles. The summed E-state index contributed by atoms with van der Waals surface area (Å²) in [6.45, 7) is -0.351. The predicted molar refractivity (Wildman–Crippen MR) is 120 cm³/mol. The fourth-order valence-corrected chi connectivity index (χ4v) is 4.96. The Kier molecular flexibility index (Phi) is 5.13. The van der Waals surface area contributed by atoms with E-state index in [9.17, 15) is 4.39 Å². The molecule has 5 rings (SSSR count). The average molecular weight is 518 g/mol. The molecule has 3 aromatic rings.